The van der Waals surface area contributed by atoms with Crippen molar-refractivity contribution in [3.8, 4) is 28.2 Å². The van der Waals surface area contributed by atoms with Gasteiger partial charge in [-0.3, -0.25) is 0 Å². The van der Waals surface area contributed by atoms with E-state index >= 15 is 0 Å². The van der Waals surface area contributed by atoms with Crippen LogP contribution in [0, 0.1) is 5.82 Å². The number of nitrogen functional groups attached to an aromatic ring is 1. The molecule has 3 aromatic rings. The van der Waals surface area contributed by atoms with Crippen molar-refractivity contribution in [1.29, 1.82) is 0 Å². The highest BCUT2D eigenvalue weighted by atomic mass is 19.1. The molecule has 4 nitrogen and oxygen atoms in total. The van der Waals surface area contributed by atoms with Gasteiger partial charge < -0.3 is 15.0 Å². The Morgan fingerprint density at radius 2 is 1.62 bits per heavy atom. The first-order valence-corrected chi connectivity index (χ1v) is 6.34. The van der Waals surface area contributed by atoms with Crippen LogP contribution in [0.2, 0.25) is 0 Å². The number of ether oxygens (including phenoxy) is 1. The van der Waals surface area contributed by atoms with Gasteiger partial charge in [-0.2, -0.15) is 0 Å². The summed E-state index contributed by atoms with van der Waals surface area (Å²) in [7, 11) is 1.60. The van der Waals surface area contributed by atoms with Crippen LogP contribution in [0.15, 0.2) is 53.1 Å². The van der Waals surface area contributed by atoms with Crippen molar-refractivity contribution >= 4 is 5.82 Å². The molecule has 0 saturated heterocycles. The standard InChI is InChI=1S/C16H13FN2O2/c1-20-13-8-4-11(5-9-13)15-14(16(18)19-21-15)10-2-6-12(17)7-3-10/h2-9H,1H3,(H2,18,19). The Bertz CT molecular complexity index is 749. The number of methoxy groups -OCH3 is 1. The molecule has 0 fully saturated rings. The third kappa shape index (κ3) is 2.45. The molecule has 21 heavy (non-hydrogen) atoms. The molecule has 0 bridgehead atoms. The predicted octanol–water partition coefficient (Wildman–Crippen LogP) is 3.74. The van der Waals surface area contributed by atoms with Gasteiger partial charge >= 0.3 is 0 Å². The minimum atomic E-state index is -0.306. The number of benzene rings is 2. The van der Waals surface area contributed by atoms with E-state index in [4.69, 9.17) is 15.0 Å². The smallest absolute Gasteiger partial charge is 0.176 e. The fourth-order valence-corrected chi connectivity index (χ4v) is 2.14. The van der Waals surface area contributed by atoms with Crippen LogP contribution >= 0.6 is 0 Å². The molecule has 2 N–H and O–H groups in total. The summed E-state index contributed by atoms with van der Waals surface area (Å²) in [6, 6.07) is 13.4. The summed E-state index contributed by atoms with van der Waals surface area (Å²) in [5.41, 5.74) is 8.10. The minimum absolute atomic E-state index is 0.271. The second-order valence-electron chi connectivity index (χ2n) is 4.51. The lowest BCUT2D eigenvalue weighted by molar-refractivity contribution is 0.414. The third-order valence-electron chi connectivity index (χ3n) is 3.20. The summed E-state index contributed by atoms with van der Waals surface area (Å²) in [6.07, 6.45) is 0. The van der Waals surface area contributed by atoms with Crippen molar-refractivity contribution in [2.24, 2.45) is 0 Å². The molecular formula is C16H13FN2O2. The first kappa shape index (κ1) is 13.2. The third-order valence-corrected chi connectivity index (χ3v) is 3.20. The molecular weight excluding hydrogens is 271 g/mol. The molecule has 0 atom stereocenters. The van der Waals surface area contributed by atoms with Gasteiger partial charge in [0.05, 0.1) is 12.7 Å². The highest BCUT2D eigenvalue weighted by molar-refractivity contribution is 5.86. The summed E-state index contributed by atoms with van der Waals surface area (Å²) >= 11 is 0. The summed E-state index contributed by atoms with van der Waals surface area (Å²) in [5.74, 6) is 1.25. The summed E-state index contributed by atoms with van der Waals surface area (Å²) in [5, 5.41) is 3.81. The Kier molecular flexibility index (Phi) is 3.31. The number of hydrogen-bond acceptors (Lipinski definition) is 4. The van der Waals surface area contributed by atoms with Crippen LogP contribution in [0.4, 0.5) is 10.2 Å². The monoisotopic (exact) mass is 284 g/mol. The number of halogens is 1. The molecule has 0 aliphatic carbocycles. The van der Waals surface area contributed by atoms with E-state index < -0.39 is 0 Å². The van der Waals surface area contributed by atoms with Crippen LogP contribution in [0.3, 0.4) is 0 Å². The highest BCUT2D eigenvalue weighted by Gasteiger charge is 2.17. The van der Waals surface area contributed by atoms with Crippen LogP contribution in [0.25, 0.3) is 22.5 Å². The molecule has 0 spiro atoms. The normalized spacial score (nSPS) is 10.6. The Balaban J connectivity index is 2.09. The van der Waals surface area contributed by atoms with Gasteiger partial charge in [-0.1, -0.05) is 17.3 Å². The first-order valence-electron chi connectivity index (χ1n) is 6.34. The average molecular weight is 284 g/mol. The predicted molar refractivity (Wildman–Crippen MR) is 78.3 cm³/mol. The molecule has 0 radical (unpaired) electrons. The lowest BCUT2D eigenvalue weighted by Gasteiger charge is -2.04. The first-order chi connectivity index (χ1) is 10.2. The van der Waals surface area contributed by atoms with Gasteiger partial charge in [0.15, 0.2) is 11.6 Å². The van der Waals surface area contributed by atoms with E-state index in [0.29, 0.717) is 11.3 Å². The van der Waals surface area contributed by atoms with Crippen molar-refractivity contribution in [2.45, 2.75) is 0 Å². The van der Waals surface area contributed by atoms with Crippen molar-refractivity contribution < 1.29 is 13.7 Å². The van der Waals surface area contributed by atoms with E-state index in [9.17, 15) is 4.39 Å². The molecule has 0 aliphatic rings. The number of aromatic nitrogens is 1. The zero-order valence-corrected chi connectivity index (χ0v) is 11.3. The summed E-state index contributed by atoms with van der Waals surface area (Å²) in [6.45, 7) is 0. The molecule has 0 unspecified atom stereocenters. The van der Waals surface area contributed by atoms with Crippen molar-refractivity contribution in [2.75, 3.05) is 12.8 Å². The quantitative estimate of drug-likeness (QED) is 0.796. The van der Waals surface area contributed by atoms with Gasteiger partial charge in [0.25, 0.3) is 0 Å². The summed E-state index contributed by atoms with van der Waals surface area (Å²) in [4.78, 5) is 0. The van der Waals surface area contributed by atoms with Crippen LogP contribution in [-0.4, -0.2) is 12.3 Å². The molecule has 3 rings (SSSR count). The molecule has 0 saturated carbocycles. The van der Waals surface area contributed by atoms with Crippen LogP contribution < -0.4 is 10.5 Å². The molecule has 0 amide bonds. The Hall–Kier alpha value is -2.82. The van der Waals surface area contributed by atoms with E-state index in [-0.39, 0.29) is 11.6 Å². The number of nitrogens with two attached hydrogens (primary N) is 1. The average Bonchev–Trinajstić information content (AvgIpc) is 2.90. The molecule has 0 aliphatic heterocycles. The topological polar surface area (TPSA) is 61.3 Å². The van der Waals surface area contributed by atoms with E-state index in [2.05, 4.69) is 5.16 Å². The minimum Gasteiger partial charge on any atom is -0.497 e. The van der Waals surface area contributed by atoms with Gasteiger partial charge in [0.1, 0.15) is 11.6 Å². The Morgan fingerprint density at radius 1 is 1.00 bits per heavy atom. The van der Waals surface area contributed by atoms with Gasteiger partial charge in [0.2, 0.25) is 0 Å². The molecule has 1 heterocycles. The maximum Gasteiger partial charge on any atom is 0.176 e. The van der Waals surface area contributed by atoms with E-state index in [1.54, 1.807) is 19.2 Å². The van der Waals surface area contributed by atoms with Gasteiger partial charge in [-0.15, -0.1) is 0 Å². The second-order valence-corrected chi connectivity index (χ2v) is 4.51. The van der Waals surface area contributed by atoms with E-state index in [1.165, 1.54) is 12.1 Å². The Labute approximate surface area is 120 Å². The number of rotatable bonds is 3. The molecule has 1 aromatic heterocycles. The zero-order chi connectivity index (χ0) is 14.8. The second kappa shape index (κ2) is 5.28. The lowest BCUT2D eigenvalue weighted by Crippen LogP contribution is -1.89. The van der Waals surface area contributed by atoms with Crippen LogP contribution in [-0.2, 0) is 0 Å². The van der Waals surface area contributed by atoms with Gasteiger partial charge in [-0.05, 0) is 42.0 Å². The molecule has 5 heteroatoms. The number of nitrogens with zero attached hydrogens (tertiary/aromatic N) is 1. The van der Waals surface area contributed by atoms with Crippen molar-refractivity contribution in [3.05, 3.63) is 54.3 Å². The fraction of sp³-hybridized carbons (Fsp3) is 0.0625. The van der Waals surface area contributed by atoms with E-state index in [0.717, 1.165) is 16.9 Å². The molecule has 106 valence electrons. The lowest BCUT2D eigenvalue weighted by atomic mass is 10.0. The number of hydrogen-bond donors (Lipinski definition) is 1. The fourth-order valence-electron chi connectivity index (χ4n) is 2.14. The van der Waals surface area contributed by atoms with Crippen LogP contribution in [0.1, 0.15) is 0 Å². The highest BCUT2D eigenvalue weighted by Crippen LogP contribution is 2.36. The zero-order valence-electron chi connectivity index (χ0n) is 11.3. The largest absolute Gasteiger partial charge is 0.497 e. The van der Waals surface area contributed by atoms with Gasteiger partial charge in [-0.25, -0.2) is 4.39 Å². The van der Waals surface area contributed by atoms with Crippen LogP contribution in [0.5, 0.6) is 5.75 Å². The molecule has 2 aromatic carbocycles. The van der Waals surface area contributed by atoms with E-state index in [1.807, 2.05) is 24.3 Å². The van der Waals surface area contributed by atoms with Gasteiger partial charge in [0, 0.05) is 5.56 Å². The van der Waals surface area contributed by atoms with Crippen molar-refractivity contribution in [3.63, 3.8) is 0 Å². The summed E-state index contributed by atoms with van der Waals surface area (Å²) < 4.78 is 23.5. The maximum absolute atomic E-state index is 13.1. The maximum atomic E-state index is 13.1. The number of anilines is 1. The Morgan fingerprint density at radius 3 is 2.24 bits per heavy atom. The van der Waals surface area contributed by atoms with Crippen molar-refractivity contribution in [1.82, 2.24) is 5.16 Å². The SMILES string of the molecule is COc1ccc(-c2onc(N)c2-c2ccc(F)cc2)cc1.